The molecule has 0 radical (unpaired) electrons. The lowest BCUT2D eigenvalue weighted by Gasteiger charge is -2.10. The van der Waals surface area contributed by atoms with E-state index in [1.54, 1.807) is 18.2 Å². The second-order valence-electron chi connectivity index (χ2n) is 4.95. The Morgan fingerprint density at radius 2 is 2.00 bits per heavy atom. The van der Waals surface area contributed by atoms with Gasteiger partial charge in [0.05, 0.1) is 16.3 Å². The molecule has 0 saturated heterocycles. The number of halogens is 2. The lowest BCUT2D eigenvalue weighted by Crippen LogP contribution is -2.21. The minimum Gasteiger partial charge on any atom is -0.452 e. The van der Waals surface area contributed by atoms with E-state index in [1.807, 2.05) is 31.4 Å². The Hall–Kier alpha value is -1.50. The van der Waals surface area contributed by atoms with Crippen LogP contribution in [0.15, 0.2) is 45.8 Å². The third-order valence-electron chi connectivity index (χ3n) is 3.13. The van der Waals surface area contributed by atoms with Gasteiger partial charge in [-0.15, -0.1) is 11.8 Å². The molecule has 0 aliphatic carbocycles. The first-order chi connectivity index (χ1) is 11.4. The molecule has 0 aromatic heterocycles. The van der Waals surface area contributed by atoms with Crippen molar-refractivity contribution in [2.75, 3.05) is 18.2 Å². The number of nitrogens with one attached hydrogen (secondary N) is 1. The second kappa shape index (κ2) is 8.55. The Kier molecular flexibility index (Phi) is 6.71. The Bertz CT molecular complexity index is 782. The van der Waals surface area contributed by atoms with Crippen LogP contribution in [-0.2, 0) is 9.53 Å². The largest absolute Gasteiger partial charge is 0.452 e. The average Bonchev–Trinajstić information content (AvgIpc) is 2.55. The molecule has 0 spiro atoms. The molecule has 2 aromatic rings. The summed E-state index contributed by atoms with van der Waals surface area (Å²) in [5.41, 5.74) is 1.92. The number of hydrogen-bond acceptors (Lipinski definition) is 4. The molecule has 0 aliphatic rings. The molecule has 1 N–H and O–H groups in total. The van der Waals surface area contributed by atoms with Crippen LogP contribution >= 0.6 is 39.3 Å². The van der Waals surface area contributed by atoms with Crippen molar-refractivity contribution in [1.82, 2.24) is 0 Å². The van der Waals surface area contributed by atoms with Gasteiger partial charge in [-0.2, -0.15) is 0 Å². The normalized spacial score (nSPS) is 10.3. The van der Waals surface area contributed by atoms with E-state index in [1.165, 1.54) is 11.8 Å². The van der Waals surface area contributed by atoms with Crippen LogP contribution in [0.5, 0.6) is 0 Å². The van der Waals surface area contributed by atoms with Gasteiger partial charge in [0.2, 0.25) is 0 Å². The topological polar surface area (TPSA) is 55.4 Å². The summed E-state index contributed by atoms with van der Waals surface area (Å²) in [6.07, 6.45) is 1.89. The lowest BCUT2D eigenvalue weighted by molar-refractivity contribution is -0.119. The van der Waals surface area contributed by atoms with Crippen LogP contribution in [0.25, 0.3) is 0 Å². The maximum absolute atomic E-state index is 12.1. The molecule has 7 heteroatoms. The number of ether oxygens (including phenoxy) is 1. The van der Waals surface area contributed by atoms with Gasteiger partial charge in [-0.05, 0) is 65.0 Å². The smallest absolute Gasteiger partial charge is 0.340 e. The number of amides is 1. The quantitative estimate of drug-likeness (QED) is 0.542. The van der Waals surface area contributed by atoms with Gasteiger partial charge in [0.1, 0.15) is 0 Å². The summed E-state index contributed by atoms with van der Waals surface area (Å²) in [6, 6.07) is 10.6. The van der Waals surface area contributed by atoms with Gasteiger partial charge >= 0.3 is 5.97 Å². The van der Waals surface area contributed by atoms with Gasteiger partial charge in [0.15, 0.2) is 6.61 Å². The first-order valence-electron chi connectivity index (χ1n) is 6.97. The number of hydrogen-bond donors (Lipinski definition) is 1. The van der Waals surface area contributed by atoms with Gasteiger partial charge in [0.25, 0.3) is 5.91 Å². The number of thioether (sulfide) groups is 1. The van der Waals surface area contributed by atoms with Crippen molar-refractivity contribution in [2.45, 2.75) is 11.8 Å². The summed E-state index contributed by atoms with van der Waals surface area (Å²) in [4.78, 5) is 24.9. The van der Waals surface area contributed by atoms with E-state index in [9.17, 15) is 9.59 Å². The zero-order valence-electron chi connectivity index (χ0n) is 13.1. The van der Waals surface area contributed by atoms with Crippen LogP contribution in [0.4, 0.5) is 5.69 Å². The molecular weight excluding hydrogens is 414 g/mol. The second-order valence-corrected chi connectivity index (χ2v) is 7.09. The molecule has 24 heavy (non-hydrogen) atoms. The van der Waals surface area contributed by atoms with E-state index < -0.39 is 11.9 Å². The minimum absolute atomic E-state index is 0.243. The molecule has 2 rings (SSSR count). The van der Waals surface area contributed by atoms with Crippen LogP contribution in [0.3, 0.4) is 0 Å². The number of esters is 1. The van der Waals surface area contributed by atoms with Gasteiger partial charge in [0, 0.05) is 9.37 Å². The Labute approximate surface area is 158 Å². The fourth-order valence-electron chi connectivity index (χ4n) is 1.90. The monoisotopic (exact) mass is 427 g/mol. The third-order valence-corrected chi connectivity index (χ3v) is 4.84. The van der Waals surface area contributed by atoms with Crippen LogP contribution in [-0.4, -0.2) is 24.7 Å². The summed E-state index contributed by atoms with van der Waals surface area (Å²) >= 11 is 10.9. The predicted octanol–water partition coefficient (Wildman–Crippen LogP) is 4.93. The zero-order chi connectivity index (χ0) is 17.7. The van der Waals surface area contributed by atoms with E-state index in [-0.39, 0.29) is 12.2 Å². The number of carbonyl (C=O) groups is 2. The van der Waals surface area contributed by atoms with Crippen molar-refractivity contribution in [1.29, 1.82) is 0 Å². The molecule has 126 valence electrons. The molecule has 0 atom stereocenters. The third kappa shape index (κ3) is 5.00. The molecular formula is C17H15BrClNO3S. The lowest BCUT2D eigenvalue weighted by atomic mass is 10.2. The fraction of sp³-hybridized carbons (Fsp3) is 0.176. The molecule has 0 unspecified atom stereocenters. The van der Waals surface area contributed by atoms with Crippen LogP contribution in [0.2, 0.25) is 5.02 Å². The highest BCUT2D eigenvalue weighted by molar-refractivity contribution is 9.10. The first kappa shape index (κ1) is 18.8. The number of rotatable bonds is 5. The average molecular weight is 429 g/mol. The minimum atomic E-state index is -0.631. The van der Waals surface area contributed by atoms with Crippen LogP contribution in [0.1, 0.15) is 15.9 Å². The maximum Gasteiger partial charge on any atom is 0.340 e. The van der Waals surface area contributed by atoms with Crippen LogP contribution in [0, 0.1) is 6.92 Å². The summed E-state index contributed by atoms with van der Waals surface area (Å²) in [5, 5.41) is 2.97. The number of benzene rings is 2. The van der Waals surface area contributed by atoms with Gasteiger partial charge in [-0.25, -0.2) is 4.79 Å². The van der Waals surface area contributed by atoms with Crippen molar-refractivity contribution in [3.05, 3.63) is 57.0 Å². The maximum atomic E-state index is 12.1. The highest BCUT2D eigenvalue weighted by Crippen LogP contribution is 2.24. The molecule has 0 bridgehead atoms. The summed E-state index contributed by atoms with van der Waals surface area (Å²) in [6.45, 7) is 1.56. The van der Waals surface area contributed by atoms with Gasteiger partial charge in [-0.1, -0.05) is 17.7 Å². The highest BCUT2D eigenvalue weighted by Gasteiger charge is 2.15. The van der Waals surface area contributed by atoms with E-state index >= 15 is 0 Å². The predicted molar refractivity (Wildman–Crippen MR) is 101 cm³/mol. The summed E-state index contributed by atoms with van der Waals surface area (Å²) in [7, 11) is 0. The Morgan fingerprint density at radius 1 is 1.25 bits per heavy atom. The number of aryl methyl sites for hydroxylation is 1. The summed E-state index contributed by atoms with van der Waals surface area (Å²) in [5.74, 6) is -1.06. The van der Waals surface area contributed by atoms with Crippen LogP contribution < -0.4 is 5.32 Å². The van der Waals surface area contributed by atoms with Crippen molar-refractivity contribution in [2.24, 2.45) is 0 Å². The zero-order valence-corrected chi connectivity index (χ0v) is 16.2. The van der Waals surface area contributed by atoms with Crippen molar-refractivity contribution in [3.63, 3.8) is 0 Å². The molecule has 0 aliphatic heterocycles. The molecule has 2 aromatic carbocycles. The van der Waals surface area contributed by atoms with Gasteiger partial charge < -0.3 is 10.1 Å². The van der Waals surface area contributed by atoms with E-state index in [2.05, 4.69) is 21.2 Å². The van der Waals surface area contributed by atoms with Crippen molar-refractivity contribution >= 4 is 56.9 Å². The van der Waals surface area contributed by atoms with Gasteiger partial charge in [-0.3, -0.25) is 4.79 Å². The first-order valence-corrected chi connectivity index (χ1v) is 9.37. The fourth-order valence-corrected chi connectivity index (χ4v) is 3.13. The highest BCUT2D eigenvalue weighted by atomic mass is 79.9. The van der Waals surface area contributed by atoms with Crippen molar-refractivity contribution < 1.29 is 14.3 Å². The standard InChI is InChI=1S/C17H15BrClNO3S/c1-10-3-6-15(13(18)7-10)20-16(21)9-23-17(22)12-8-11(24-2)4-5-14(12)19/h3-8H,9H2,1-2H3,(H,20,21). The molecule has 0 saturated carbocycles. The Morgan fingerprint density at radius 3 is 2.67 bits per heavy atom. The van der Waals surface area contributed by atoms with E-state index in [0.717, 1.165) is 14.9 Å². The Balaban J connectivity index is 1.97. The van der Waals surface area contributed by atoms with E-state index in [0.29, 0.717) is 10.7 Å². The molecule has 0 fully saturated rings. The number of carbonyl (C=O) groups excluding carboxylic acids is 2. The molecule has 4 nitrogen and oxygen atoms in total. The van der Waals surface area contributed by atoms with Crippen molar-refractivity contribution in [3.8, 4) is 0 Å². The number of anilines is 1. The summed E-state index contributed by atoms with van der Waals surface area (Å²) < 4.78 is 5.81. The molecule has 1 amide bonds. The molecule has 0 heterocycles. The SMILES string of the molecule is CSc1ccc(Cl)c(C(=O)OCC(=O)Nc2ccc(C)cc2Br)c1. The van der Waals surface area contributed by atoms with E-state index in [4.69, 9.17) is 16.3 Å².